The van der Waals surface area contributed by atoms with Gasteiger partial charge in [-0.05, 0) is 24.8 Å². The maximum absolute atomic E-state index is 14.1. The second kappa shape index (κ2) is 9.31. The predicted molar refractivity (Wildman–Crippen MR) is 96.6 cm³/mol. The number of piperidine rings is 1. The molecule has 0 radical (unpaired) electrons. The molecule has 0 bridgehead atoms. The van der Waals surface area contributed by atoms with Crippen LogP contribution in [0.3, 0.4) is 0 Å². The van der Waals surface area contributed by atoms with Crippen molar-refractivity contribution in [3.05, 3.63) is 35.4 Å². The van der Waals surface area contributed by atoms with Crippen molar-refractivity contribution < 1.29 is 18.9 Å². The number of nitrogens with one attached hydrogen (secondary N) is 1. The molecule has 2 amide bonds. The lowest BCUT2D eigenvalue weighted by atomic mass is 9.95. The van der Waals surface area contributed by atoms with E-state index >= 15 is 0 Å². The first-order valence-corrected chi connectivity index (χ1v) is 9.93. The lowest BCUT2D eigenvalue weighted by Gasteiger charge is -2.32. The van der Waals surface area contributed by atoms with Gasteiger partial charge in [0.15, 0.2) is 11.6 Å². The Labute approximate surface area is 154 Å². The monoisotopic (exact) mass is 366 g/mol. The van der Waals surface area contributed by atoms with Crippen LogP contribution in [0.5, 0.6) is 0 Å². The molecule has 6 heteroatoms. The molecule has 144 valence electrons. The maximum Gasteiger partial charge on any atom is 0.317 e. The van der Waals surface area contributed by atoms with Crippen LogP contribution in [0, 0.1) is 17.6 Å². The molecule has 1 aromatic carbocycles. The lowest BCUT2D eigenvalue weighted by Crippen LogP contribution is -2.86. The number of benzene rings is 1. The first-order chi connectivity index (χ1) is 12.6. The fraction of sp³-hybridized carbons (Fsp3) is 0.650. The van der Waals surface area contributed by atoms with Gasteiger partial charge in [0.05, 0.1) is 19.6 Å². The zero-order chi connectivity index (χ0) is 18.4. The van der Waals surface area contributed by atoms with E-state index in [1.807, 2.05) is 0 Å². The second-order valence-electron chi connectivity index (χ2n) is 7.69. The Hall–Kier alpha value is -1.69. The van der Waals surface area contributed by atoms with Gasteiger partial charge in [-0.2, -0.15) is 0 Å². The SMILES string of the molecule is O=C(NC1CCCCC1)N(Cc1cccc(F)c1F)CC1CC[NH2+]CC1. The molecule has 2 aliphatic rings. The number of hydrogen-bond acceptors (Lipinski definition) is 1. The summed E-state index contributed by atoms with van der Waals surface area (Å²) in [7, 11) is 0. The Kier molecular flexibility index (Phi) is 6.83. The highest BCUT2D eigenvalue weighted by molar-refractivity contribution is 5.74. The molecule has 1 saturated carbocycles. The zero-order valence-corrected chi connectivity index (χ0v) is 15.4. The first-order valence-electron chi connectivity index (χ1n) is 9.93. The number of urea groups is 1. The molecule has 1 aromatic rings. The van der Waals surface area contributed by atoms with Crippen LogP contribution in [0.25, 0.3) is 0 Å². The van der Waals surface area contributed by atoms with E-state index in [2.05, 4.69) is 10.6 Å². The van der Waals surface area contributed by atoms with Gasteiger partial charge in [0.2, 0.25) is 0 Å². The molecular weight excluding hydrogens is 336 g/mol. The van der Waals surface area contributed by atoms with Crippen molar-refractivity contribution in [1.29, 1.82) is 0 Å². The van der Waals surface area contributed by atoms with Crippen LogP contribution in [-0.4, -0.2) is 36.6 Å². The van der Waals surface area contributed by atoms with Gasteiger partial charge in [0.25, 0.3) is 0 Å². The van der Waals surface area contributed by atoms with Crippen LogP contribution in [0.1, 0.15) is 50.5 Å². The largest absolute Gasteiger partial charge is 0.346 e. The van der Waals surface area contributed by atoms with Gasteiger partial charge in [-0.15, -0.1) is 0 Å². The molecular formula is C20H30F2N3O+. The van der Waals surface area contributed by atoms with Gasteiger partial charge in [0, 0.05) is 31.0 Å². The van der Waals surface area contributed by atoms with Crippen LogP contribution in [0.4, 0.5) is 13.6 Å². The minimum atomic E-state index is -0.859. The highest BCUT2D eigenvalue weighted by Crippen LogP contribution is 2.20. The Morgan fingerprint density at radius 1 is 1.12 bits per heavy atom. The van der Waals surface area contributed by atoms with Crippen LogP contribution in [0.2, 0.25) is 0 Å². The van der Waals surface area contributed by atoms with E-state index < -0.39 is 11.6 Å². The summed E-state index contributed by atoms with van der Waals surface area (Å²) in [4.78, 5) is 14.6. The summed E-state index contributed by atoms with van der Waals surface area (Å²) in [6, 6.07) is 4.24. The number of nitrogens with zero attached hydrogens (tertiary/aromatic N) is 1. The highest BCUT2D eigenvalue weighted by Gasteiger charge is 2.25. The molecule has 1 aliphatic heterocycles. The number of hydrogen-bond donors (Lipinski definition) is 2. The molecule has 0 atom stereocenters. The second-order valence-corrected chi connectivity index (χ2v) is 7.69. The van der Waals surface area contributed by atoms with E-state index in [-0.39, 0.29) is 24.2 Å². The maximum atomic E-state index is 14.1. The van der Waals surface area contributed by atoms with Crippen LogP contribution >= 0.6 is 0 Å². The van der Waals surface area contributed by atoms with Crippen molar-refractivity contribution in [1.82, 2.24) is 10.2 Å². The summed E-state index contributed by atoms with van der Waals surface area (Å²) in [6.45, 7) is 2.85. The van der Waals surface area contributed by atoms with Crippen molar-refractivity contribution in [2.24, 2.45) is 5.92 Å². The quantitative estimate of drug-likeness (QED) is 0.827. The third kappa shape index (κ3) is 5.16. The average molecular weight is 366 g/mol. The third-order valence-electron chi connectivity index (χ3n) is 5.65. The van der Waals surface area contributed by atoms with E-state index in [4.69, 9.17) is 0 Å². The number of quaternary nitrogens is 1. The Morgan fingerprint density at radius 3 is 2.58 bits per heavy atom. The van der Waals surface area contributed by atoms with E-state index in [1.165, 1.54) is 12.5 Å². The molecule has 1 heterocycles. The number of carbonyl (C=O) groups is 1. The molecule has 3 N–H and O–H groups in total. The minimum Gasteiger partial charge on any atom is -0.346 e. The van der Waals surface area contributed by atoms with Gasteiger partial charge in [-0.3, -0.25) is 0 Å². The molecule has 0 unspecified atom stereocenters. The van der Waals surface area contributed by atoms with E-state index in [1.54, 1.807) is 11.0 Å². The first kappa shape index (κ1) is 19.1. The molecule has 4 nitrogen and oxygen atoms in total. The van der Waals surface area contributed by atoms with Crippen molar-refractivity contribution in [2.75, 3.05) is 19.6 Å². The summed E-state index contributed by atoms with van der Waals surface area (Å²) in [6.07, 6.45) is 7.63. The van der Waals surface area contributed by atoms with E-state index in [0.29, 0.717) is 12.5 Å². The minimum absolute atomic E-state index is 0.113. The predicted octanol–water partition coefficient (Wildman–Crippen LogP) is 2.78. The topological polar surface area (TPSA) is 49.0 Å². The number of nitrogens with two attached hydrogens (primary N) is 1. The molecule has 26 heavy (non-hydrogen) atoms. The summed E-state index contributed by atoms with van der Waals surface area (Å²) in [5.41, 5.74) is 0.242. The van der Waals surface area contributed by atoms with Crippen molar-refractivity contribution in [3.63, 3.8) is 0 Å². The Balaban J connectivity index is 1.69. The van der Waals surface area contributed by atoms with Crippen molar-refractivity contribution in [3.8, 4) is 0 Å². The number of amides is 2. The van der Waals surface area contributed by atoms with Gasteiger partial charge in [-0.25, -0.2) is 13.6 Å². The number of carbonyl (C=O) groups excluding carboxylic acids is 1. The normalized spacial score (nSPS) is 19.3. The molecule has 0 spiro atoms. The molecule has 1 saturated heterocycles. The average Bonchev–Trinajstić information content (AvgIpc) is 2.66. The summed E-state index contributed by atoms with van der Waals surface area (Å²) in [5, 5.41) is 5.41. The van der Waals surface area contributed by atoms with Gasteiger partial charge in [0.1, 0.15) is 0 Å². The van der Waals surface area contributed by atoms with Crippen molar-refractivity contribution in [2.45, 2.75) is 57.5 Å². The Morgan fingerprint density at radius 2 is 1.85 bits per heavy atom. The van der Waals surface area contributed by atoms with Gasteiger partial charge < -0.3 is 15.5 Å². The van der Waals surface area contributed by atoms with E-state index in [9.17, 15) is 13.6 Å². The summed E-state index contributed by atoms with van der Waals surface area (Å²) >= 11 is 0. The molecule has 0 aromatic heterocycles. The zero-order valence-electron chi connectivity index (χ0n) is 15.4. The summed E-state index contributed by atoms with van der Waals surface area (Å²) < 4.78 is 27.7. The summed E-state index contributed by atoms with van der Waals surface area (Å²) in [5.74, 6) is -1.28. The lowest BCUT2D eigenvalue weighted by molar-refractivity contribution is -0.664. The highest BCUT2D eigenvalue weighted by atomic mass is 19.2. The van der Waals surface area contributed by atoms with Gasteiger partial charge >= 0.3 is 6.03 Å². The molecule has 2 fully saturated rings. The standard InChI is InChI=1S/C20H29F2N3O/c21-18-8-4-5-16(19(18)22)14-25(13-15-9-11-23-12-10-15)20(26)24-17-6-2-1-3-7-17/h4-5,8,15,17,23H,1-3,6-7,9-14H2,(H,24,26)/p+1. The fourth-order valence-corrected chi connectivity index (χ4v) is 4.10. The van der Waals surface area contributed by atoms with Gasteiger partial charge in [-0.1, -0.05) is 31.4 Å². The van der Waals surface area contributed by atoms with E-state index in [0.717, 1.165) is 57.7 Å². The number of rotatable bonds is 5. The number of halogens is 2. The van der Waals surface area contributed by atoms with Crippen LogP contribution < -0.4 is 10.6 Å². The van der Waals surface area contributed by atoms with Crippen molar-refractivity contribution >= 4 is 6.03 Å². The van der Waals surface area contributed by atoms with Crippen LogP contribution in [-0.2, 0) is 6.54 Å². The fourth-order valence-electron chi connectivity index (χ4n) is 4.10. The molecule has 3 rings (SSSR count). The molecule has 1 aliphatic carbocycles. The third-order valence-corrected chi connectivity index (χ3v) is 5.65. The smallest absolute Gasteiger partial charge is 0.317 e. The van der Waals surface area contributed by atoms with Crippen LogP contribution in [0.15, 0.2) is 18.2 Å². The Bertz CT molecular complexity index is 599.